The minimum absolute atomic E-state index is 0.270. The summed E-state index contributed by atoms with van der Waals surface area (Å²) in [5.74, 6) is -1.09. The van der Waals surface area contributed by atoms with Crippen LogP contribution in [0.15, 0.2) is 66.7 Å². The van der Waals surface area contributed by atoms with Crippen molar-refractivity contribution in [3.05, 3.63) is 94.8 Å². The van der Waals surface area contributed by atoms with Crippen molar-refractivity contribution in [1.29, 1.82) is 0 Å². The zero-order valence-electron chi connectivity index (χ0n) is 23.8. The number of carbonyl (C=O) groups is 2. The SMILES string of the molecule is COc1cc2c(cc1OC)[C@@H](C(=O)NCCN1CCN(Cc3ccccc3)CC1)[C@H](c1ccccc1F)N(C)C2=O. The summed E-state index contributed by atoms with van der Waals surface area (Å²) < 4.78 is 26.0. The Balaban J connectivity index is 1.31. The molecule has 2 aliphatic rings. The first kappa shape index (κ1) is 28.6. The molecule has 0 unspecified atom stereocenters. The van der Waals surface area contributed by atoms with E-state index in [1.807, 2.05) is 6.07 Å². The van der Waals surface area contributed by atoms with Gasteiger partial charge >= 0.3 is 0 Å². The molecule has 1 fully saturated rings. The van der Waals surface area contributed by atoms with Gasteiger partial charge in [-0.15, -0.1) is 0 Å². The molecule has 3 aromatic carbocycles. The zero-order chi connectivity index (χ0) is 28.9. The lowest BCUT2D eigenvalue weighted by molar-refractivity contribution is -0.124. The van der Waals surface area contributed by atoms with Gasteiger partial charge in [0, 0.05) is 64.0 Å². The molecule has 9 heteroatoms. The van der Waals surface area contributed by atoms with Crippen molar-refractivity contribution in [2.24, 2.45) is 0 Å². The van der Waals surface area contributed by atoms with E-state index in [2.05, 4.69) is 39.4 Å². The number of fused-ring (bicyclic) bond motifs is 1. The topological polar surface area (TPSA) is 74.4 Å². The lowest BCUT2D eigenvalue weighted by Gasteiger charge is -2.40. The van der Waals surface area contributed by atoms with Crippen LogP contribution in [0, 0.1) is 5.82 Å². The van der Waals surface area contributed by atoms with Crippen molar-refractivity contribution in [2.45, 2.75) is 18.5 Å². The van der Waals surface area contributed by atoms with E-state index in [1.165, 1.54) is 30.7 Å². The Bertz CT molecular complexity index is 1380. The number of carbonyl (C=O) groups excluding carboxylic acids is 2. The number of benzene rings is 3. The summed E-state index contributed by atoms with van der Waals surface area (Å²) in [6.07, 6.45) is 0. The highest BCUT2D eigenvalue weighted by molar-refractivity contribution is 6.02. The maximum Gasteiger partial charge on any atom is 0.254 e. The molecule has 2 atom stereocenters. The van der Waals surface area contributed by atoms with Gasteiger partial charge in [0.05, 0.1) is 26.2 Å². The van der Waals surface area contributed by atoms with Gasteiger partial charge < -0.3 is 19.7 Å². The molecule has 0 aliphatic carbocycles. The van der Waals surface area contributed by atoms with Crippen molar-refractivity contribution >= 4 is 11.8 Å². The van der Waals surface area contributed by atoms with Gasteiger partial charge in [-0.25, -0.2) is 4.39 Å². The number of nitrogens with one attached hydrogen (secondary N) is 1. The Hall–Kier alpha value is -3.95. The standard InChI is InChI=1S/C32H37FN4O4/c1-35-30(23-11-7-8-12-26(23)33)29(24-19-27(40-2)28(41-3)20-25(24)32(35)39)31(38)34-13-14-36-15-17-37(18-16-36)21-22-9-5-4-6-10-22/h4-12,19-20,29-30H,13-18,21H2,1-3H3,(H,34,38)/t29-,30+/m1/s1. The highest BCUT2D eigenvalue weighted by Crippen LogP contribution is 2.46. The fourth-order valence-electron chi connectivity index (χ4n) is 5.89. The maximum absolute atomic E-state index is 15.1. The van der Waals surface area contributed by atoms with E-state index in [4.69, 9.17) is 9.47 Å². The first-order valence-corrected chi connectivity index (χ1v) is 13.9. The van der Waals surface area contributed by atoms with Crippen molar-refractivity contribution in [3.63, 3.8) is 0 Å². The van der Waals surface area contributed by atoms with Crippen LogP contribution in [0.4, 0.5) is 4.39 Å². The summed E-state index contributed by atoms with van der Waals surface area (Å²) in [4.78, 5) is 33.6. The second kappa shape index (κ2) is 12.7. The minimum atomic E-state index is -0.841. The summed E-state index contributed by atoms with van der Waals surface area (Å²) >= 11 is 0. The second-order valence-electron chi connectivity index (χ2n) is 10.5. The third-order valence-electron chi connectivity index (χ3n) is 8.12. The number of halogens is 1. The molecule has 2 amide bonds. The predicted octanol–water partition coefficient (Wildman–Crippen LogP) is 3.69. The molecule has 2 aliphatic heterocycles. The molecule has 0 saturated carbocycles. The Kier molecular flexibility index (Phi) is 8.85. The summed E-state index contributed by atoms with van der Waals surface area (Å²) in [6.45, 7) is 5.84. The van der Waals surface area contributed by atoms with Crippen LogP contribution in [-0.4, -0.2) is 87.0 Å². The Labute approximate surface area is 240 Å². The summed E-state index contributed by atoms with van der Waals surface area (Å²) in [6, 6.07) is 19.2. The highest BCUT2D eigenvalue weighted by Gasteiger charge is 2.44. The number of nitrogens with zero attached hydrogens (tertiary/aromatic N) is 3. The number of hydrogen-bond acceptors (Lipinski definition) is 6. The van der Waals surface area contributed by atoms with Gasteiger partial charge in [0.25, 0.3) is 5.91 Å². The van der Waals surface area contributed by atoms with E-state index in [0.717, 1.165) is 32.7 Å². The molecular weight excluding hydrogens is 523 g/mol. The highest BCUT2D eigenvalue weighted by atomic mass is 19.1. The third kappa shape index (κ3) is 6.06. The van der Waals surface area contributed by atoms with Crippen LogP contribution in [0.5, 0.6) is 11.5 Å². The van der Waals surface area contributed by atoms with Crippen molar-refractivity contribution < 1.29 is 23.5 Å². The molecule has 0 spiro atoms. The van der Waals surface area contributed by atoms with Crippen LogP contribution in [0.3, 0.4) is 0 Å². The summed E-state index contributed by atoms with van der Waals surface area (Å²) in [5, 5.41) is 3.09. The van der Waals surface area contributed by atoms with Gasteiger partial charge in [0.1, 0.15) is 5.82 Å². The molecule has 216 valence electrons. The molecule has 0 aromatic heterocycles. The predicted molar refractivity (Wildman–Crippen MR) is 155 cm³/mol. The number of hydrogen-bond donors (Lipinski definition) is 1. The van der Waals surface area contributed by atoms with Crippen molar-refractivity contribution in [1.82, 2.24) is 20.0 Å². The first-order valence-electron chi connectivity index (χ1n) is 13.9. The van der Waals surface area contributed by atoms with E-state index >= 15 is 4.39 Å². The van der Waals surface area contributed by atoms with Gasteiger partial charge in [0.15, 0.2) is 11.5 Å². The Morgan fingerprint density at radius 3 is 2.22 bits per heavy atom. The van der Waals surface area contributed by atoms with Crippen LogP contribution < -0.4 is 14.8 Å². The lowest BCUT2D eigenvalue weighted by atomic mass is 9.79. The summed E-state index contributed by atoms with van der Waals surface area (Å²) in [7, 11) is 4.60. The molecule has 2 heterocycles. The van der Waals surface area contributed by atoms with E-state index in [9.17, 15) is 9.59 Å². The quantitative estimate of drug-likeness (QED) is 0.431. The number of likely N-dealkylation sites (N-methyl/N-ethyl adjacent to an activating group) is 1. The van der Waals surface area contributed by atoms with Crippen LogP contribution in [0.25, 0.3) is 0 Å². The van der Waals surface area contributed by atoms with Crippen molar-refractivity contribution in [2.75, 3.05) is 60.5 Å². The minimum Gasteiger partial charge on any atom is -0.493 e. The number of amides is 2. The maximum atomic E-state index is 15.1. The van der Waals surface area contributed by atoms with Gasteiger partial charge in [0.2, 0.25) is 5.91 Å². The average Bonchev–Trinajstić information content (AvgIpc) is 3.00. The summed E-state index contributed by atoms with van der Waals surface area (Å²) in [5.41, 5.74) is 2.43. The van der Waals surface area contributed by atoms with Crippen LogP contribution in [-0.2, 0) is 11.3 Å². The fourth-order valence-corrected chi connectivity index (χ4v) is 5.89. The molecule has 41 heavy (non-hydrogen) atoms. The van der Waals surface area contributed by atoms with E-state index in [1.54, 1.807) is 37.4 Å². The van der Waals surface area contributed by atoms with Gasteiger partial charge in [-0.2, -0.15) is 0 Å². The fraction of sp³-hybridized carbons (Fsp3) is 0.375. The number of ether oxygens (including phenoxy) is 2. The third-order valence-corrected chi connectivity index (χ3v) is 8.12. The molecule has 8 nitrogen and oxygen atoms in total. The number of rotatable bonds is 9. The van der Waals surface area contributed by atoms with Crippen molar-refractivity contribution in [3.8, 4) is 11.5 Å². The van der Waals surface area contributed by atoms with Gasteiger partial charge in [-0.05, 0) is 29.3 Å². The largest absolute Gasteiger partial charge is 0.493 e. The average molecular weight is 561 g/mol. The molecule has 0 bridgehead atoms. The molecule has 3 aromatic rings. The molecule has 5 rings (SSSR count). The van der Waals surface area contributed by atoms with E-state index in [-0.39, 0.29) is 11.8 Å². The van der Waals surface area contributed by atoms with Crippen LogP contribution in [0.1, 0.15) is 39.0 Å². The second-order valence-corrected chi connectivity index (χ2v) is 10.5. The van der Waals surface area contributed by atoms with Gasteiger partial charge in [-0.3, -0.25) is 19.4 Å². The number of piperazine rings is 1. The molecule has 1 saturated heterocycles. The monoisotopic (exact) mass is 560 g/mol. The zero-order valence-corrected chi connectivity index (χ0v) is 23.8. The number of methoxy groups -OCH3 is 2. The van der Waals surface area contributed by atoms with E-state index in [0.29, 0.717) is 41.3 Å². The molecule has 1 N–H and O–H groups in total. The smallest absolute Gasteiger partial charge is 0.254 e. The van der Waals surface area contributed by atoms with Crippen LogP contribution >= 0.6 is 0 Å². The Morgan fingerprint density at radius 2 is 1.54 bits per heavy atom. The van der Waals surface area contributed by atoms with E-state index < -0.39 is 17.8 Å². The lowest BCUT2D eigenvalue weighted by Crippen LogP contribution is -2.49. The Morgan fingerprint density at radius 1 is 0.902 bits per heavy atom. The molecular formula is C32H37FN4O4. The van der Waals surface area contributed by atoms with Gasteiger partial charge in [-0.1, -0.05) is 48.5 Å². The van der Waals surface area contributed by atoms with Crippen LogP contribution in [0.2, 0.25) is 0 Å². The normalized spacial score (nSPS) is 19.5. The first-order chi connectivity index (χ1) is 19.9. The molecule has 0 radical (unpaired) electrons.